The highest BCUT2D eigenvalue weighted by atomic mass is 16.5. The van der Waals surface area contributed by atoms with Crippen LogP contribution in [0.4, 0.5) is 0 Å². The zero-order valence-corrected chi connectivity index (χ0v) is 9.51. The van der Waals surface area contributed by atoms with Crippen LogP contribution in [0.25, 0.3) is 11.3 Å². The molecular formula is C12H10N2O4. The van der Waals surface area contributed by atoms with Crippen LogP contribution < -0.4 is 10.3 Å². The summed E-state index contributed by atoms with van der Waals surface area (Å²) >= 11 is 0. The third kappa shape index (κ3) is 2.08. The third-order valence-electron chi connectivity index (χ3n) is 2.42. The number of nitrogens with zero attached hydrogens (tertiary/aromatic N) is 1. The van der Waals surface area contributed by atoms with Crippen molar-refractivity contribution in [2.45, 2.75) is 0 Å². The van der Waals surface area contributed by atoms with E-state index in [1.807, 2.05) is 0 Å². The number of ether oxygens (including phenoxy) is 1. The lowest BCUT2D eigenvalue weighted by molar-refractivity contribution is 0.0694. The minimum Gasteiger partial charge on any atom is -0.496 e. The Labute approximate surface area is 102 Å². The van der Waals surface area contributed by atoms with E-state index in [-0.39, 0.29) is 5.56 Å². The van der Waals surface area contributed by atoms with Crippen LogP contribution in [0, 0.1) is 0 Å². The molecule has 1 aromatic carbocycles. The molecule has 0 aliphatic heterocycles. The third-order valence-corrected chi connectivity index (χ3v) is 2.42. The van der Waals surface area contributed by atoms with E-state index >= 15 is 0 Å². The number of benzene rings is 1. The topological polar surface area (TPSA) is 92.3 Å². The first-order valence-electron chi connectivity index (χ1n) is 5.10. The number of hydrogen-bond donors (Lipinski definition) is 2. The molecular weight excluding hydrogens is 236 g/mol. The highest BCUT2D eigenvalue weighted by Gasteiger charge is 2.13. The van der Waals surface area contributed by atoms with E-state index in [1.54, 1.807) is 24.3 Å². The molecule has 0 bridgehead atoms. The quantitative estimate of drug-likeness (QED) is 0.847. The number of methoxy groups -OCH3 is 1. The van der Waals surface area contributed by atoms with Crippen LogP contribution in [-0.2, 0) is 0 Å². The van der Waals surface area contributed by atoms with Crippen molar-refractivity contribution >= 4 is 5.97 Å². The van der Waals surface area contributed by atoms with Crippen LogP contribution >= 0.6 is 0 Å². The van der Waals surface area contributed by atoms with Gasteiger partial charge in [-0.1, -0.05) is 12.1 Å². The average Bonchev–Trinajstić information content (AvgIpc) is 2.39. The number of carbonyl (C=O) groups is 1. The number of aromatic carboxylic acids is 1. The standard InChI is InChI=1S/C12H10N2O4/c1-18-10-5-3-2-4-7(10)9-6-8(12(16)17)11(15)14-13-9/h2-6H,1H3,(H,14,15)(H,16,17). The van der Waals surface area contributed by atoms with Gasteiger partial charge in [-0.2, -0.15) is 5.10 Å². The summed E-state index contributed by atoms with van der Waals surface area (Å²) in [6.07, 6.45) is 0. The van der Waals surface area contributed by atoms with Gasteiger partial charge in [0.2, 0.25) is 0 Å². The number of para-hydroxylation sites is 1. The first-order valence-corrected chi connectivity index (χ1v) is 5.10. The van der Waals surface area contributed by atoms with Gasteiger partial charge < -0.3 is 9.84 Å². The Morgan fingerprint density at radius 3 is 2.78 bits per heavy atom. The van der Waals surface area contributed by atoms with Crippen molar-refractivity contribution in [2.75, 3.05) is 7.11 Å². The van der Waals surface area contributed by atoms with Gasteiger partial charge >= 0.3 is 5.97 Å². The Hall–Kier alpha value is -2.63. The van der Waals surface area contributed by atoms with E-state index in [2.05, 4.69) is 10.2 Å². The molecule has 2 aromatic rings. The lowest BCUT2D eigenvalue weighted by Crippen LogP contribution is -2.18. The number of nitrogens with one attached hydrogen (secondary N) is 1. The fraction of sp³-hybridized carbons (Fsp3) is 0.0833. The Morgan fingerprint density at radius 1 is 1.39 bits per heavy atom. The van der Waals surface area contributed by atoms with Crippen molar-refractivity contribution in [2.24, 2.45) is 0 Å². The molecule has 0 saturated carbocycles. The molecule has 0 radical (unpaired) electrons. The number of hydrogen-bond acceptors (Lipinski definition) is 4. The summed E-state index contributed by atoms with van der Waals surface area (Å²) in [6, 6.07) is 8.23. The Kier molecular flexibility index (Phi) is 3.09. The van der Waals surface area contributed by atoms with E-state index < -0.39 is 11.5 Å². The summed E-state index contributed by atoms with van der Waals surface area (Å²) in [6.45, 7) is 0. The molecule has 6 heteroatoms. The molecule has 2 rings (SSSR count). The van der Waals surface area contributed by atoms with Crippen LogP contribution in [0.2, 0.25) is 0 Å². The summed E-state index contributed by atoms with van der Waals surface area (Å²) in [7, 11) is 1.50. The molecule has 0 unspecified atom stereocenters. The first-order chi connectivity index (χ1) is 8.63. The predicted octanol–water partition coefficient (Wildman–Crippen LogP) is 1.14. The molecule has 0 amide bonds. The van der Waals surface area contributed by atoms with E-state index in [1.165, 1.54) is 13.2 Å². The second-order valence-corrected chi connectivity index (χ2v) is 3.50. The monoisotopic (exact) mass is 246 g/mol. The van der Waals surface area contributed by atoms with E-state index in [0.717, 1.165) is 0 Å². The molecule has 92 valence electrons. The molecule has 0 aliphatic rings. The second kappa shape index (κ2) is 4.70. The Bertz CT molecular complexity index is 649. The number of rotatable bonds is 3. The molecule has 1 heterocycles. The average molecular weight is 246 g/mol. The number of aromatic amines is 1. The van der Waals surface area contributed by atoms with Gasteiger partial charge in [0.25, 0.3) is 5.56 Å². The van der Waals surface area contributed by atoms with E-state index in [9.17, 15) is 9.59 Å². The predicted molar refractivity (Wildman–Crippen MR) is 63.8 cm³/mol. The fourth-order valence-corrected chi connectivity index (χ4v) is 1.56. The SMILES string of the molecule is COc1ccccc1-c1cc(C(=O)O)c(=O)[nH]n1. The number of carboxylic acid groups (broad SMARTS) is 1. The molecule has 0 atom stereocenters. The number of H-pyrrole nitrogens is 1. The molecule has 18 heavy (non-hydrogen) atoms. The number of carboxylic acids is 1. The van der Waals surface area contributed by atoms with Crippen molar-refractivity contribution in [3.8, 4) is 17.0 Å². The highest BCUT2D eigenvalue weighted by Crippen LogP contribution is 2.27. The summed E-state index contributed by atoms with van der Waals surface area (Å²) in [5.74, 6) is -0.747. The molecule has 6 nitrogen and oxygen atoms in total. The van der Waals surface area contributed by atoms with Crippen molar-refractivity contribution in [3.63, 3.8) is 0 Å². The summed E-state index contributed by atoms with van der Waals surface area (Å²) in [5.41, 5.74) is -0.143. The summed E-state index contributed by atoms with van der Waals surface area (Å²) in [4.78, 5) is 22.1. The van der Waals surface area contributed by atoms with Crippen LogP contribution in [-0.4, -0.2) is 28.4 Å². The molecule has 0 spiro atoms. The van der Waals surface area contributed by atoms with Gasteiger partial charge in [-0.05, 0) is 18.2 Å². The lowest BCUT2D eigenvalue weighted by atomic mass is 10.1. The van der Waals surface area contributed by atoms with Crippen LogP contribution in [0.15, 0.2) is 35.1 Å². The van der Waals surface area contributed by atoms with Crippen molar-refractivity contribution < 1.29 is 14.6 Å². The molecule has 0 fully saturated rings. The lowest BCUT2D eigenvalue weighted by Gasteiger charge is -2.07. The smallest absolute Gasteiger partial charge is 0.341 e. The van der Waals surface area contributed by atoms with Crippen molar-refractivity contribution in [3.05, 3.63) is 46.2 Å². The van der Waals surface area contributed by atoms with Gasteiger partial charge in [0, 0.05) is 5.56 Å². The van der Waals surface area contributed by atoms with Crippen molar-refractivity contribution in [1.29, 1.82) is 0 Å². The maximum absolute atomic E-state index is 11.3. The van der Waals surface area contributed by atoms with E-state index in [0.29, 0.717) is 17.0 Å². The molecule has 0 saturated heterocycles. The zero-order chi connectivity index (χ0) is 13.1. The van der Waals surface area contributed by atoms with E-state index in [4.69, 9.17) is 9.84 Å². The van der Waals surface area contributed by atoms with Gasteiger partial charge in [0.1, 0.15) is 11.3 Å². The minimum atomic E-state index is -1.30. The second-order valence-electron chi connectivity index (χ2n) is 3.50. The maximum atomic E-state index is 11.3. The Morgan fingerprint density at radius 2 is 2.11 bits per heavy atom. The minimum absolute atomic E-state index is 0.337. The maximum Gasteiger partial charge on any atom is 0.341 e. The normalized spacial score (nSPS) is 10.1. The van der Waals surface area contributed by atoms with Gasteiger partial charge in [-0.3, -0.25) is 4.79 Å². The van der Waals surface area contributed by atoms with Gasteiger partial charge in [-0.25, -0.2) is 9.89 Å². The largest absolute Gasteiger partial charge is 0.496 e. The van der Waals surface area contributed by atoms with Crippen LogP contribution in [0.5, 0.6) is 5.75 Å². The van der Waals surface area contributed by atoms with Crippen LogP contribution in [0.1, 0.15) is 10.4 Å². The van der Waals surface area contributed by atoms with Crippen LogP contribution in [0.3, 0.4) is 0 Å². The first kappa shape index (κ1) is 11.8. The summed E-state index contributed by atoms with van der Waals surface area (Å²) in [5, 5.41) is 14.9. The molecule has 0 aliphatic carbocycles. The van der Waals surface area contributed by atoms with Gasteiger partial charge in [-0.15, -0.1) is 0 Å². The van der Waals surface area contributed by atoms with Gasteiger partial charge in [0.05, 0.1) is 12.8 Å². The van der Waals surface area contributed by atoms with Crippen molar-refractivity contribution in [1.82, 2.24) is 10.2 Å². The number of aromatic nitrogens is 2. The summed E-state index contributed by atoms with van der Waals surface area (Å²) < 4.78 is 5.15. The Balaban J connectivity index is 2.61. The fourth-order valence-electron chi connectivity index (χ4n) is 1.56. The van der Waals surface area contributed by atoms with Gasteiger partial charge in [0.15, 0.2) is 0 Å². The molecule has 2 N–H and O–H groups in total. The zero-order valence-electron chi connectivity index (χ0n) is 9.51. The molecule has 1 aromatic heterocycles. The highest BCUT2D eigenvalue weighted by molar-refractivity contribution is 5.88.